The summed E-state index contributed by atoms with van der Waals surface area (Å²) in [7, 11) is 0. The highest BCUT2D eigenvalue weighted by Crippen LogP contribution is 2.10. The highest BCUT2D eigenvalue weighted by molar-refractivity contribution is 5.66. The second-order valence-electron chi connectivity index (χ2n) is 7.24. The molecule has 0 aliphatic rings. The van der Waals surface area contributed by atoms with Crippen LogP contribution in [0.25, 0.3) is 0 Å². The SMILES string of the molecule is CCNCCCCCCNCC.O=C(O)CCCCCCCCCCC(=O)O. The van der Waals surface area contributed by atoms with Crippen LogP contribution in [0.15, 0.2) is 0 Å². The van der Waals surface area contributed by atoms with E-state index in [4.69, 9.17) is 10.2 Å². The van der Waals surface area contributed by atoms with E-state index < -0.39 is 11.9 Å². The Morgan fingerprint density at radius 1 is 0.536 bits per heavy atom. The smallest absolute Gasteiger partial charge is 0.303 e. The molecule has 0 saturated heterocycles. The number of unbranched alkanes of at least 4 members (excludes halogenated alkanes) is 10. The molecule has 28 heavy (non-hydrogen) atoms. The Hall–Kier alpha value is -1.14. The monoisotopic (exact) mass is 402 g/mol. The lowest BCUT2D eigenvalue weighted by Crippen LogP contribution is -2.15. The lowest BCUT2D eigenvalue weighted by molar-refractivity contribution is -0.138. The average molecular weight is 403 g/mol. The molecule has 0 aliphatic heterocycles. The summed E-state index contributed by atoms with van der Waals surface area (Å²) in [5.41, 5.74) is 0. The van der Waals surface area contributed by atoms with Crippen LogP contribution in [0.2, 0.25) is 0 Å². The Morgan fingerprint density at radius 3 is 1.11 bits per heavy atom. The first-order chi connectivity index (χ1) is 13.5. The van der Waals surface area contributed by atoms with E-state index in [2.05, 4.69) is 24.5 Å². The van der Waals surface area contributed by atoms with Gasteiger partial charge in [-0.1, -0.05) is 65.2 Å². The van der Waals surface area contributed by atoms with Crippen molar-refractivity contribution in [1.82, 2.24) is 10.6 Å². The van der Waals surface area contributed by atoms with Gasteiger partial charge in [0, 0.05) is 12.8 Å². The molecule has 0 fully saturated rings. The first-order valence-corrected chi connectivity index (χ1v) is 11.4. The number of hydrogen-bond acceptors (Lipinski definition) is 4. The van der Waals surface area contributed by atoms with Crippen molar-refractivity contribution in [3.8, 4) is 0 Å². The molecule has 0 heterocycles. The van der Waals surface area contributed by atoms with Crippen LogP contribution in [0, 0.1) is 0 Å². The van der Waals surface area contributed by atoms with Crippen LogP contribution in [0.3, 0.4) is 0 Å². The molecule has 0 rings (SSSR count). The summed E-state index contributed by atoms with van der Waals surface area (Å²) in [5.74, 6) is -1.43. The molecule has 6 nitrogen and oxygen atoms in total. The Labute approximate surface area is 172 Å². The van der Waals surface area contributed by atoms with Crippen LogP contribution in [0.4, 0.5) is 0 Å². The molecule has 168 valence electrons. The summed E-state index contributed by atoms with van der Waals surface area (Å²) in [6.45, 7) is 8.92. The van der Waals surface area contributed by atoms with Crippen LogP contribution in [-0.2, 0) is 9.59 Å². The minimum absolute atomic E-state index is 0.276. The molecule has 0 atom stereocenters. The standard InChI is InChI=1S/C12H22O4.C10H24N2/c13-11(14)9-7-5-3-1-2-4-6-8-10-12(15)16;1-3-11-9-7-5-6-8-10-12-4-2/h1-10H2,(H,13,14)(H,15,16);11-12H,3-10H2,1-2H3. The second kappa shape index (κ2) is 25.9. The van der Waals surface area contributed by atoms with Gasteiger partial charge in [0.15, 0.2) is 0 Å². The molecule has 0 unspecified atom stereocenters. The third-order valence-electron chi connectivity index (χ3n) is 4.49. The third-order valence-corrected chi connectivity index (χ3v) is 4.49. The van der Waals surface area contributed by atoms with Gasteiger partial charge in [-0.3, -0.25) is 9.59 Å². The predicted octanol–water partition coefficient (Wildman–Crippen LogP) is 4.82. The normalized spacial score (nSPS) is 10.4. The van der Waals surface area contributed by atoms with Gasteiger partial charge in [0.05, 0.1) is 0 Å². The van der Waals surface area contributed by atoms with Crippen LogP contribution >= 0.6 is 0 Å². The van der Waals surface area contributed by atoms with Gasteiger partial charge < -0.3 is 20.8 Å². The molecule has 0 spiro atoms. The van der Waals surface area contributed by atoms with Gasteiger partial charge in [-0.15, -0.1) is 0 Å². The zero-order valence-corrected chi connectivity index (χ0v) is 18.4. The maximum Gasteiger partial charge on any atom is 0.303 e. The fraction of sp³-hybridized carbons (Fsp3) is 0.909. The lowest BCUT2D eigenvalue weighted by atomic mass is 10.1. The fourth-order valence-corrected chi connectivity index (χ4v) is 2.82. The van der Waals surface area contributed by atoms with E-state index >= 15 is 0 Å². The van der Waals surface area contributed by atoms with Crippen LogP contribution in [-0.4, -0.2) is 48.3 Å². The van der Waals surface area contributed by atoms with E-state index in [1.165, 1.54) is 38.8 Å². The molecule has 0 aliphatic carbocycles. The first kappa shape index (κ1) is 29.1. The Balaban J connectivity index is 0. The van der Waals surface area contributed by atoms with Gasteiger partial charge in [-0.05, 0) is 51.9 Å². The average Bonchev–Trinajstić information content (AvgIpc) is 2.65. The van der Waals surface area contributed by atoms with E-state index in [1.54, 1.807) is 0 Å². The van der Waals surface area contributed by atoms with Gasteiger partial charge in [0.25, 0.3) is 0 Å². The summed E-state index contributed by atoms with van der Waals surface area (Å²) in [6, 6.07) is 0. The van der Waals surface area contributed by atoms with Crippen LogP contribution in [0.5, 0.6) is 0 Å². The zero-order valence-electron chi connectivity index (χ0n) is 18.4. The van der Waals surface area contributed by atoms with Gasteiger partial charge in [-0.25, -0.2) is 0 Å². The number of carbonyl (C=O) groups is 2. The maximum atomic E-state index is 10.2. The van der Waals surface area contributed by atoms with Crippen LogP contribution in [0.1, 0.15) is 104 Å². The lowest BCUT2D eigenvalue weighted by Gasteiger charge is -2.02. The van der Waals surface area contributed by atoms with E-state index in [1.807, 2.05) is 0 Å². The topological polar surface area (TPSA) is 98.7 Å². The fourth-order valence-electron chi connectivity index (χ4n) is 2.82. The summed E-state index contributed by atoms with van der Waals surface area (Å²) in [5, 5.41) is 23.5. The molecule has 0 bridgehead atoms. The number of carboxylic acid groups (broad SMARTS) is 2. The predicted molar refractivity (Wildman–Crippen MR) is 117 cm³/mol. The molecule has 4 N–H and O–H groups in total. The zero-order chi connectivity index (χ0) is 21.3. The Kier molecular flexibility index (Phi) is 26.8. The van der Waals surface area contributed by atoms with Crippen molar-refractivity contribution in [2.45, 2.75) is 104 Å². The van der Waals surface area contributed by atoms with Crippen molar-refractivity contribution in [2.24, 2.45) is 0 Å². The van der Waals surface area contributed by atoms with Gasteiger partial charge in [0.1, 0.15) is 0 Å². The molecule has 0 aromatic rings. The van der Waals surface area contributed by atoms with Crippen molar-refractivity contribution < 1.29 is 19.8 Å². The molecule has 0 saturated carbocycles. The quantitative estimate of drug-likeness (QED) is 0.218. The molecular weight excluding hydrogens is 356 g/mol. The van der Waals surface area contributed by atoms with Gasteiger partial charge >= 0.3 is 11.9 Å². The first-order valence-electron chi connectivity index (χ1n) is 11.4. The number of nitrogens with one attached hydrogen (secondary N) is 2. The summed E-state index contributed by atoms with van der Waals surface area (Å²) >= 11 is 0. The number of rotatable bonds is 20. The largest absolute Gasteiger partial charge is 0.481 e. The van der Waals surface area contributed by atoms with E-state index in [0.717, 1.165) is 64.5 Å². The molecular formula is C22H46N2O4. The van der Waals surface area contributed by atoms with E-state index in [-0.39, 0.29) is 12.8 Å². The number of carboxylic acids is 2. The maximum absolute atomic E-state index is 10.2. The van der Waals surface area contributed by atoms with Gasteiger partial charge in [-0.2, -0.15) is 0 Å². The molecule has 0 radical (unpaired) electrons. The molecule has 0 amide bonds. The highest BCUT2D eigenvalue weighted by atomic mass is 16.4. The molecule has 6 heteroatoms. The molecule has 0 aromatic carbocycles. The minimum Gasteiger partial charge on any atom is -0.481 e. The minimum atomic E-state index is -0.714. The summed E-state index contributed by atoms with van der Waals surface area (Å²) in [4.78, 5) is 20.4. The number of aliphatic carboxylic acids is 2. The summed E-state index contributed by atoms with van der Waals surface area (Å²) in [6.07, 6.45) is 13.9. The van der Waals surface area contributed by atoms with Crippen molar-refractivity contribution in [3.05, 3.63) is 0 Å². The van der Waals surface area contributed by atoms with Crippen molar-refractivity contribution in [1.29, 1.82) is 0 Å². The van der Waals surface area contributed by atoms with Crippen molar-refractivity contribution >= 4 is 11.9 Å². The Morgan fingerprint density at radius 2 is 0.821 bits per heavy atom. The van der Waals surface area contributed by atoms with E-state index in [9.17, 15) is 9.59 Å². The van der Waals surface area contributed by atoms with E-state index in [0.29, 0.717) is 0 Å². The summed E-state index contributed by atoms with van der Waals surface area (Å²) < 4.78 is 0. The van der Waals surface area contributed by atoms with Crippen molar-refractivity contribution in [2.75, 3.05) is 26.2 Å². The van der Waals surface area contributed by atoms with Crippen LogP contribution < -0.4 is 10.6 Å². The van der Waals surface area contributed by atoms with Crippen molar-refractivity contribution in [3.63, 3.8) is 0 Å². The highest BCUT2D eigenvalue weighted by Gasteiger charge is 1.98. The third kappa shape index (κ3) is 32.5. The van der Waals surface area contributed by atoms with Gasteiger partial charge in [0.2, 0.25) is 0 Å². The Bertz CT molecular complexity index is 306. The second-order valence-corrected chi connectivity index (χ2v) is 7.24. The number of hydrogen-bond donors (Lipinski definition) is 4. The molecule has 0 aromatic heterocycles.